The van der Waals surface area contributed by atoms with E-state index in [0.29, 0.717) is 0 Å². The van der Waals surface area contributed by atoms with Crippen molar-refractivity contribution in [2.75, 3.05) is 13.2 Å². The van der Waals surface area contributed by atoms with Gasteiger partial charge in [-0.15, -0.1) is 0 Å². The zero-order chi connectivity index (χ0) is 12.1. The zero-order valence-electron chi connectivity index (χ0n) is 8.89. The Balaban J connectivity index is 1.77. The molecule has 0 aliphatic heterocycles. The van der Waals surface area contributed by atoms with Gasteiger partial charge < -0.3 is 4.74 Å². The van der Waals surface area contributed by atoms with Gasteiger partial charge >= 0.3 is 0 Å². The highest BCUT2D eigenvalue weighted by Gasteiger charge is 2.08. The standard InChI is InChI=1S/C10H10N4O3/c15-9(13-5-1-3-11-13)7-17-8-10(16)14-6-2-4-12-14/h1-6H,7-8H2. The Bertz CT molecular complexity index is 443. The van der Waals surface area contributed by atoms with Crippen LogP contribution in [0.3, 0.4) is 0 Å². The van der Waals surface area contributed by atoms with E-state index in [1.165, 1.54) is 24.8 Å². The second kappa shape index (κ2) is 5.17. The number of hydrogen-bond acceptors (Lipinski definition) is 5. The van der Waals surface area contributed by atoms with Gasteiger partial charge in [-0.05, 0) is 12.1 Å². The Morgan fingerprint density at radius 1 is 0.941 bits per heavy atom. The first-order chi connectivity index (χ1) is 8.27. The topological polar surface area (TPSA) is 79.0 Å². The van der Waals surface area contributed by atoms with Crippen molar-refractivity contribution >= 4 is 11.8 Å². The minimum Gasteiger partial charge on any atom is -0.362 e. The number of carbonyl (C=O) groups is 2. The molecular weight excluding hydrogens is 224 g/mol. The van der Waals surface area contributed by atoms with Gasteiger partial charge in [0.05, 0.1) is 0 Å². The third-order valence-corrected chi connectivity index (χ3v) is 1.97. The minimum atomic E-state index is -0.330. The van der Waals surface area contributed by atoms with Gasteiger partial charge in [-0.25, -0.2) is 9.36 Å². The first-order valence-electron chi connectivity index (χ1n) is 4.91. The zero-order valence-corrected chi connectivity index (χ0v) is 8.89. The van der Waals surface area contributed by atoms with Gasteiger partial charge in [0.25, 0.3) is 11.8 Å². The first kappa shape index (κ1) is 11.2. The lowest BCUT2D eigenvalue weighted by Gasteiger charge is -2.02. The van der Waals surface area contributed by atoms with Crippen LogP contribution in [0, 0.1) is 0 Å². The third kappa shape index (κ3) is 2.85. The summed E-state index contributed by atoms with van der Waals surface area (Å²) in [4.78, 5) is 22.8. The fourth-order valence-electron chi connectivity index (χ4n) is 1.19. The molecule has 0 spiro atoms. The molecule has 7 nitrogen and oxygen atoms in total. The Morgan fingerprint density at radius 2 is 1.41 bits per heavy atom. The van der Waals surface area contributed by atoms with E-state index < -0.39 is 0 Å². The molecule has 0 amide bonds. The van der Waals surface area contributed by atoms with E-state index in [4.69, 9.17) is 4.74 Å². The van der Waals surface area contributed by atoms with Crippen molar-refractivity contribution < 1.29 is 14.3 Å². The molecule has 0 aromatic carbocycles. The van der Waals surface area contributed by atoms with Gasteiger partial charge in [-0.3, -0.25) is 9.59 Å². The lowest BCUT2D eigenvalue weighted by atomic mass is 10.6. The smallest absolute Gasteiger partial charge is 0.272 e. The summed E-state index contributed by atoms with van der Waals surface area (Å²) in [6, 6.07) is 3.26. The normalized spacial score (nSPS) is 10.4. The van der Waals surface area contributed by atoms with Gasteiger partial charge in [-0.1, -0.05) is 0 Å². The summed E-state index contributed by atoms with van der Waals surface area (Å²) in [7, 11) is 0. The van der Waals surface area contributed by atoms with E-state index >= 15 is 0 Å². The molecule has 7 heteroatoms. The molecule has 2 rings (SSSR count). The van der Waals surface area contributed by atoms with E-state index in [1.807, 2.05) is 0 Å². The molecule has 2 aromatic heterocycles. The Kier molecular flexibility index (Phi) is 3.41. The molecule has 17 heavy (non-hydrogen) atoms. The van der Waals surface area contributed by atoms with Crippen LogP contribution in [0.2, 0.25) is 0 Å². The molecule has 0 saturated carbocycles. The maximum absolute atomic E-state index is 11.4. The van der Waals surface area contributed by atoms with E-state index in [0.717, 1.165) is 9.36 Å². The van der Waals surface area contributed by atoms with Crippen LogP contribution in [0.25, 0.3) is 0 Å². The van der Waals surface area contributed by atoms with Crippen LogP contribution in [-0.2, 0) is 4.74 Å². The fraction of sp³-hybridized carbons (Fsp3) is 0.200. The maximum atomic E-state index is 11.4. The van der Waals surface area contributed by atoms with Crippen LogP contribution in [-0.4, -0.2) is 44.6 Å². The van der Waals surface area contributed by atoms with Gasteiger partial charge in [0, 0.05) is 24.8 Å². The summed E-state index contributed by atoms with van der Waals surface area (Å²) < 4.78 is 7.29. The Labute approximate surface area is 96.6 Å². The van der Waals surface area contributed by atoms with E-state index in [-0.39, 0.29) is 25.0 Å². The summed E-state index contributed by atoms with van der Waals surface area (Å²) >= 11 is 0. The SMILES string of the molecule is O=C(COCC(=O)n1cccn1)n1cccn1. The second-order valence-electron chi connectivity index (χ2n) is 3.18. The predicted octanol–water partition coefficient (Wildman–Crippen LogP) is 0.0768. The largest absolute Gasteiger partial charge is 0.362 e. The molecule has 0 atom stereocenters. The van der Waals surface area contributed by atoms with Crippen LogP contribution < -0.4 is 0 Å². The quantitative estimate of drug-likeness (QED) is 0.748. The molecule has 0 fully saturated rings. The highest BCUT2D eigenvalue weighted by atomic mass is 16.5. The van der Waals surface area contributed by atoms with Crippen LogP contribution in [0.15, 0.2) is 36.9 Å². The average Bonchev–Trinajstić information content (AvgIpc) is 3.02. The van der Waals surface area contributed by atoms with Crippen LogP contribution >= 0.6 is 0 Å². The number of aromatic nitrogens is 4. The highest BCUT2D eigenvalue weighted by molar-refractivity contribution is 5.81. The Morgan fingerprint density at radius 3 is 1.76 bits per heavy atom. The van der Waals surface area contributed by atoms with Crippen molar-refractivity contribution in [2.45, 2.75) is 0 Å². The molecule has 2 aromatic rings. The lowest BCUT2D eigenvalue weighted by molar-refractivity contribution is 0.0559. The van der Waals surface area contributed by atoms with Gasteiger partial charge in [-0.2, -0.15) is 10.2 Å². The number of rotatable bonds is 4. The molecule has 2 heterocycles. The fourth-order valence-corrected chi connectivity index (χ4v) is 1.19. The highest BCUT2D eigenvalue weighted by Crippen LogP contribution is 1.89. The summed E-state index contributed by atoms with van der Waals surface area (Å²) in [5.41, 5.74) is 0. The summed E-state index contributed by atoms with van der Waals surface area (Å²) in [6.45, 7) is -0.399. The van der Waals surface area contributed by atoms with Gasteiger partial charge in [0.15, 0.2) is 0 Å². The number of hydrogen-bond donors (Lipinski definition) is 0. The van der Waals surface area contributed by atoms with Crippen molar-refractivity contribution in [2.24, 2.45) is 0 Å². The third-order valence-electron chi connectivity index (χ3n) is 1.97. The molecular formula is C10H10N4O3. The predicted molar refractivity (Wildman–Crippen MR) is 56.5 cm³/mol. The van der Waals surface area contributed by atoms with Crippen molar-refractivity contribution in [1.82, 2.24) is 19.6 Å². The molecule has 0 unspecified atom stereocenters. The van der Waals surface area contributed by atoms with Crippen LogP contribution in [0.4, 0.5) is 0 Å². The summed E-state index contributed by atoms with van der Waals surface area (Å²) in [6.07, 6.45) is 6.02. The van der Waals surface area contributed by atoms with Gasteiger partial charge in [0.2, 0.25) is 0 Å². The monoisotopic (exact) mass is 234 g/mol. The van der Waals surface area contributed by atoms with E-state index in [1.54, 1.807) is 12.1 Å². The van der Waals surface area contributed by atoms with Crippen molar-refractivity contribution in [3.05, 3.63) is 36.9 Å². The van der Waals surface area contributed by atoms with Crippen molar-refractivity contribution in [3.63, 3.8) is 0 Å². The summed E-state index contributed by atoms with van der Waals surface area (Å²) in [5.74, 6) is -0.661. The summed E-state index contributed by atoms with van der Waals surface area (Å²) in [5, 5.41) is 7.50. The van der Waals surface area contributed by atoms with Crippen molar-refractivity contribution in [1.29, 1.82) is 0 Å². The lowest BCUT2D eigenvalue weighted by Crippen LogP contribution is -2.23. The van der Waals surface area contributed by atoms with Crippen molar-refractivity contribution in [3.8, 4) is 0 Å². The number of carbonyl (C=O) groups excluding carboxylic acids is 2. The van der Waals surface area contributed by atoms with Crippen LogP contribution in [0.1, 0.15) is 9.59 Å². The minimum absolute atomic E-state index is 0.200. The molecule has 0 aliphatic carbocycles. The molecule has 0 aliphatic rings. The van der Waals surface area contributed by atoms with Crippen LogP contribution in [0.5, 0.6) is 0 Å². The molecule has 0 bridgehead atoms. The first-order valence-corrected chi connectivity index (χ1v) is 4.91. The second-order valence-corrected chi connectivity index (χ2v) is 3.18. The molecule has 0 radical (unpaired) electrons. The maximum Gasteiger partial charge on any atom is 0.272 e. The molecule has 0 saturated heterocycles. The average molecular weight is 234 g/mol. The number of nitrogens with zero attached hydrogens (tertiary/aromatic N) is 4. The van der Waals surface area contributed by atoms with Gasteiger partial charge in [0.1, 0.15) is 13.2 Å². The molecule has 88 valence electrons. The van der Waals surface area contributed by atoms with E-state index in [9.17, 15) is 9.59 Å². The number of ether oxygens (including phenoxy) is 1. The molecule has 0 N–H and O–H groups in total. The Hall–Kier alpha value is -2.28. The van der Waals surface area contributed by atoms with E-state index in [2.05, 4.69) is 10.2 Å².